The third-order valence-electron chi connectivity index (χ3n) is 1.48. The lowest BCUT2D eigenvalue weighted by atomic mass is 10.2. The quantitative estimate of drug-likeness (QED) is 0.630. The molecule has 0 aliphatic heterocycles. The highest BCUT2D eigenvalue weighted by atomic mass is 128. The van der Waals surface area contributed by atoms with Gasteiger partial charge >= 0.3 is 0 Å². The Morgan fingerprint density at radius 3 is 2.09 bits per heavy atom. The molecule has 0 radical (unpaired) electrons. The highest BCUT2D eigenvalue weighted by Crippen LogP contribution is 2.03. The molecule has 0 atom stereocenters. The van der Waals surface area contributed by atoms with Crippen LogP contribution in [0.5, 0.6) is 0 Å². The second-order valence-electron chi connectivity index (χ2n) is 2.41. The monoisotopic (exact) mass is 375 g/mol. The van der Waals surface area contributed by atoms with E-state index in [1.165, 1.54) is 11.1 Å². The number of hydrogen-bond acceptors (Lipinski definition) is 1. The lowest BCUT2D eigenvalue weighted by Gasteiger charge is -1.97. The zero-order valence-electron chi connectivity index (χ0n) is 6.86. The molecule has 1 heterocycles. The average Bonchev–Trinajstić information content (AvgIpc) is 2.02. The third kappa shape index (κ3) is 4.25. The van der Waals surface area contributed by atoms with Crippen molar-refractivity contribution >= 4 is 37.2 Å². The highest BCUT2D eigenvalue weighted by Gasteiger charge is 1.90. The van der Waals surface area contributed by atoms with Crippen molar-refractivity contribution in [3.05, 3.63) is 29.1 Å². The van der Waals surface area contributed by atoms with Gasteiger partial charge in [0.1, 0.15) is 0 Å². The molecule has 1 aromatic heterocycles. The lowest BCUT2D eigenvalue weighted by molar-refractivity contribution is 1.12. The van der Waals surface area contributed by atoms with Crippen LogP contribution >= 0.6 is 37.2 Å². The molecule has 3 heteroatoms. The molecule has 1 nitrogen and oxygen atoms in total. The fourth-order valence-electron chi connectivity index (χ4n) is 0.784. The van der Waals surface area contributed by atoms with Crippen LogP contribution in [-0.2, 0) is 0 Å². The Morgan fingerprint density at radius 1 is 1.18 bits per heavy atom. The summed E-state index contributed by atoms with van der Waals surface area (Å²) < 4.78 is 0. The van der Waals surface area contributed by atoms with Gasteiger partial charge < -0.3 is 0 Å². The first-order chi connectivity index (χ1) is 5.20. The summed E-state index contributed by atoms with van der Waals surface area (Å²) in [4.78, 5) is 4.18. The Balaban J connectivity index is 0.000000461. The number of rotatable bonds is 0. The number of aryl methyl sites for hydroxylation is 3. The fourth-order valence-corrected chi connectivity index (χ4v) is 0.784. The van der Waals surface area contributed by atoms with Gasteiger partial charge in [-0.15, -0.1) is 0 Å². The van der Waals surface area contributed by atoms with Gasteiger partial charge in [-0.3, -0.25) is 4.98 Å². The second-order valence-corrected chi connectivity index (χ2v) is 2.41. The summed E-state index contributed by atoms with van der Waals surface area (Å²) in [5, 5.41) is 0. The maximum Gasteiger partial charge on any atom is 0.0401 e. The topological polar surface area (TPSA) is 12.9 Å². The minimum atomic E-state index is 1.13. The van der Waals surface area contributed by atoms with Crippen molar-refractivity contribution in [3.8, 4) is 0 Å². The van der Waals surface area contributed by atoms with E-state index in [0.717, 1.165) is 5.69 Å². The number of pyridine rings is 1. The van der Waals surface area contributed by atoms with Gasteiger partial charge in [0, 0.05) is 49.1 Å². The molecule has 0 aliphatic carbocycles. The molecule has 0 unspecified atom stereocenters. The standard InChI is InChI=1S/C8H11N.I2/c1-6-4-7(2)8(3)9-5-6;1-2/h4-5H,1-3H3;. The molecule has 0 saturated heterocycles. The van der Waals surface area contributed by atoms with Crippen LogP contribution in [0.15, 0.2) is 12.3 Å². The summed E-state index contributed by atoms with van der Waals surface area (Å²) in [6.07, 6.45) is 1.89. The second kappa shape index (κ2) is 6.16. The molecule has 11 heavy (non-hydrogen) atoms. The Kier molecular flexibility index (Phi) is 6.50. The van der Waals surface area contributed by atoms with Crippen molar-refractivity contribution in [3.63, 3.8) is 0 Å². The Morgan fingerprint density at radius 2 is 1.73 bits per heavy atom. The van der Waals surface area contributed by atoms with Crippen LogP contribution in [0.3, 0.4) is 0 Å². The van der Waals surface area contributed by atoms with E-state index in [0.29, 0.717) is 0 Å². The van der Waals surface area contributed by atoms with E-state index in [1.807, 2.05) is 13.1 Å². The van der Waals surface area contributed by atoms with Crippen LogP contribution in [0, 0.1) is 20.8 Å². The minimum absolute atomic E-state index is 1.13. The zero-order valence-corrected chi connectivity index (χ0v) is 11.2. The SMILES string of the molecule is Cc1cnc(C)c(C)c1.II. The van der Waals surface area contributed by atoms with Gasteiger partial charge in [0.2, 0.25) is 0 Å². The zero-order chi connectivity index (χ0) is 8.85. The molecule has 0 aliphatic rings. The van der Waals surface area contributed by atoms with E-state index in [4.69, 9.17) is 0 Å². The third-order valence-corrected chi connectivity index (χ3v) is 1.48. The fraction of sp³-hybridized carbons (Fsp3) is 0.375. The van der Waals surface area contributed by atoms with E-state index in [1.54, 1.807) is 0 Å². The molecule has 0 saturated carbocycles. The smallest absolute Gasteiger partial charge is 0.0401 e. The number of nitrogens with zero attached hydrogens (tertiary/aromatic N) is 1. The average molecular weight is 375 g/mol. The molecule has 1 aromatic rings. The predicted molar refractivity (Wildman–Crippen MR) is 66.5 cm³/mol. The number of aromatic nitrogens is 1. The summed E-state index contributed by atoms with van der Waals surface area (Å²) in [6, 6.07) is 2.14. The van der Waals surface area contributed by atoms with Crippen molar-refractivity contribution in [2.45, 2.75) is 20.8 Å². The van der Waals surface area contributed by atoms with Crippen molar-refractivity contribution in [2.24, 2.45) is 0 Å². The summed E-state index contributed by atoms with van der Waals surface area (Å²) >= 11 is 4.24. The van der Waals surface area contributed by atoms with Gasteiger partial charge in [-0.2, -0.15) is 0 Å². The Hall–Kier alpha value is 0.610. The van der Waals surface area contributed by atoms with Crippen LogP contribution in [-0.4, -0.2) is 4.98 Å². The van der Waals surface area contributed by atoms with Crippen LogP contribution in [0.1, 0.15) is 16.8 Å². The molecular formula is C8H11I2N. The number of halogens is 2. The lowest BCUT2D eigenvalue weighted by Crippen LogP contribution is -1.85. The Labute approximate surface area is 91.3 Å². The molecule has 0 bridgehead atoms. The molecule has 0 aromatic carbocycles. The van der Waals surface area contributed by atoms with Crippen molar-refractivity contribution < 1.29 is 0 Å². The van der Waals surface area contributed by atoms with Gasteiger partial charge in [-0.25, -0.2) is 0 Å². The summed E-state index contributed by atoms with van der Waals surface area (Å²) in [6.45, 7) is 6.16. The van der Waals surface area contributed by atoms with Crippen LogP contribution in [0.2, 0.25) is 0 Å². The van der Waals surface area contributed by atoms with Crippen LogP contribution < -0.4 is 0 Å². The van der Waals surface area contributed by atoms with E-state index >= 15 is 0 Å². The minimum Gasteiger partial charge on any atom is -0.261 e. The summed E-state index contributed by atoms with van der Waals surface area (Å²) in [5.74, 6) is 0. The molecule has 0 spiro atoms. The van der Waals surface area contributed by atoms with Gasteiger partial charge in [0.25, 0.3) is 0 Å². The molecule has 62 valence electrons. The maximum atomic E-state index is 4.18. The van der Waals surface area contributed by atoms with Crippen molar-refractivity contribution in [1.29, 1.82) is 0 Å². The molecular weight excluding hydrogens is 364 g/mol. The summed E-state index contributed by atoms with van der Waals surface area (Å²) in [7, 11) is 0. The van der Waals surface area contributed by atoms with Crippen LogP contribution in [0.4, 0.5) is 0 Å². The van der Waals surface area contributed by atoms with Gasteiger partial charge in [-0.05, 0) is 31.9 Å². The van der Waals surface area contributed by atoms with E-state index in [9.17, 15) is 0 Å². The number of hydrogen-bond donors (Lipinski definition) is 0. The normalized spacial score (nSPS) is 8.45. The van der Waals surface area contributed by atoms with Gasteiger partial charge in [0.15, 0.2) is 0 Å². The van der Waals surface area contributed by atoms with E-state index < -0.39 is 0 Å². The van der Waals surface area contributed by atoms with Gasteiger partial charge in [-0.1, -0.05) is 6.07 Å². The van der Waals surface area contributed by atoms with Crippen molar-refractivity contribution in [2.75, 3.05) is 0 Å². The predicted octanol–water partition coefficient (Wildman–Crippen LogP) is 3.78. The molecule has 0 N–H and O–H groups in total. The molecule has 0 amide bonds. The van der Waals surface area contributed by atoms with Crippen LogP contribution in [0.25, 0.3) is 0 Å². The summed E-state index contributed by atoms with van der Waals surface area (Å²) in [5.41, 5.74) is 3.63. The molecule has 1 rings (SSSR count). The Bertz CT molecular complexity index is 223. The van der Waals surface area contributed by atoms with E-state index in [2.05, 4.69) is 62.1 Å². The first kappa shape index (κ1) is 11.6. The first-order valence-corrected chi connectivity index (χ1v) is 9.53. The first-order valence-electron chi connectivity index (χ1n) is 3.24. The van der Waals surface area contributed by atoms with E-state index in [-0.39, 0.29) is 0 Å². The maximum absolute atomic E-state index is 4.18. The van der Waals surface area contributed by atoms with Crippen molar-refractivity contribution in [1.82, 2.24) is 4.98 Å². The molecule has 0 fully saturated rings. The van der Waals surface area contributed by atoms with Gasteiger partial charge in [0.05, 0.1) is 0 Å². The highest BCUT2D eigenvalue weighted by molar-refractivity contribution is 15.0. The largest absolute Gasteiger partial charge is 0.261 e.